The predicted molar refractivity (Wildman–Crippen MR) is 169 cm³/mol. The molecule has 0 aromatic carbocycles. The molecule has 274 valence electrons. The topological polar surface area (TPSA) is 231 Å². The van der Waals surface area contributed by atoms with Crippen molar-refractivity contribution in [1.82, 2.24) is 16.0 Å². The van der Waals surface area contributed by atoms with Crippen molar-refractivity contribution in [3.63, 3.8) is 0 Å². The Morgan fingerprint density at radius 2 is 1.47 bits per heavy atom. The number of aliphatic hydroxyl groups is 3. The zero-order chi connectivity index (χ0) is 34.8. The first kappa shape index (κ1) is 41.4. The Labute approximate surface area is 279 Å². The van der Waals surface area contributed by atoms with E-state index < -0.39 is 72.5 Å². The smallest absolute Gasteiger partial charge is 0.302 e. The van der Waals surface area contributed by atoms with Crippen LogP contribution in [0.15, 0.2) is 0 Å². The van der Waals surface area contributed by atoms with Crippen molar-refractivity contribution in [1.29, 1.82) is 0 Å². The van der Waals surface area contributed by atoms with E-state index in [0.717, 1.165) is 51.4 Å². The largest absolute Gasteiger partial charge is 0.388 e. The van der Waals surface area contributed by atoms with E-state index >= 15 is 0 Å². The third-order valence-corrected chi connectivity index (χ3v) is 8.41. The first-order chi connectivity index (χ1) is 22.4. The number of amides is 3. The van der Waals surface area contributed by atoms with Crippen LogP contribution in [0.1, 0.15) is 91.4 Å². The molecule has 0 radical (unpaired) electrons. The minimum atomic E-state index is -2.76. The van der Waals surface area contributed by atoms with E-state index in [4.69, 9.17) is 23.1 Å². The molecule has 17 heteroatoms. The van der Waals surface area contributed by atoms with Gasteiger partial charge in [-0.3, -0.25) is 23.1 Å². The number of ether oxygens (including phenoxy) is 4. The van der Waals surface area contributed by atoms with Gasteiger partial charge in [-0.2, -0.15) is 4.21 Å². The molecule has 3 amide bonds. The SMILES string of the molecule is CCC(=O)NCCCCCCCC(=O)NCCCCCCOC1OCC(OC2OC(C)C(O)C(O)C2NC(C)=O)C(O)C1OS(=O)O. The standard InChI is InChI=1S/C30H55N3O13S/c1-4-22(35)31-15-11-7-5-6-10-14-23(36)32-16-12-8-9-13-17-42-30-28(46-47(40)41)26(38)21(18-43-30)45-29-24(33-20(3)34)27(39)25(37)19(2)44-29/h19,21,24-30,37-39H,4-18H2,1-3H3,(H,31,35)(H,32,36)(H,33,34)(H,40,41). The predicted octanol–water partition coefficient (Wildman–Crippen LogP) is 0.142. The number of nitrogens with one attached hydrogen (secondary N) is 3. The van der Waals surface area contributed by atoms with Crippen LogP contribution in [0, 0.1) is 0 Å². The number of carbonyl (C=O) groups excluding carboxylic acids is 3. The number of rotatable bonds is 22. The maximum atomic E-state index is 12.0. The van der Waals surface area contributed by atoms with Crippen molar-refractivity contribution in [3.8, 4) is 0 Å². The second kappa shape index (κ2) is 22.8. The van der Waals surface area contributed by atoms with E-state index in [1.165, 1.54) is 13.8 Å². The van der Waals surface area contributed by atoms with Crippen LogP contribution in [-0.2, 0) is 48.9 Å². The van der Waals surface area contributed by atoms with Crippen molar-refractivity contribution < 1.29 is 61.6 Å². The van der Waals surface area contributed by atoms with Gasteiger partial charge in [-0.1, -0.05) is 39.0 Å². The summed E-state index contributed by atoms with van der Waals surface area (Å²) in [6.45, 7) is 5.84. The second-order valence-corrected chi connectivity index (χ2v) is 12.5. The third-order valence-electron chi connectivity index (χ3n) is 8.02. The van der Waals surface area contributed by atoms with Crippen LogP contribution in [0.5, 0.6) is 0 Å². The molecule has 2 aliphatic heterocycles. The van der Waals surface area contributed by atoms with Crippen LogP contribution >= 0.6 is 0 Å². The summed E-state index contributed by atoms with van der Waals surface area (Å²) in [6.07, 6.45) is -1.19. The molecule has 0 aromatic heterocycles. The minimum Gasteiger partial charge on any atom is -0.388 e. The van der Waals surface area contributed by atoms with Crippen molar-refractivity contribution in [2.75, 3.05) is 26.3 Å². The normalized spacial score (nSPS) is 30.0. The highest BCUT2D eigenvalue weighted by atomic mass is 32.2. The summed E-state index contributed by atoms with van der Waals surface area (Å²) in [5.41, 5.74) is 0. The Hall–Kier alpha value is -1.80. The molecule has 7 N–H and O–H groups in total. The molecule has 10 unspecified atom stereocenters. The lowest BCUT2D eigenvalue weighted by Gasteiger charge is -2.45. The van der Waals surface area contributed by atoms with Crippen molar-refractivity contribution >= 4 is 29.1 Å². The molecule has 0 saturated carbocycles. The maximum absolute atomic E-state index is 12.0. The number of unbranched alkanes of at least 4 members (excludes halogenated alkanes) is 7. The lowest BCUT2D eigenvalue weighted by Crippen LogP contribution is -2.65. The molecule has 0 spiro atoms. The van der Waals surface area contributed by atoms with Crippen LogP contribution in [0.4, 0.5) is 0 Å². The van der Waals surface area contributed by atoms with E-state index in [9.17, 15) is 38.5 Å². The van der Waals surface area contributed by atoms with Gasteiger partial charge in [0.15, 0.2) is 18.7 Å². The lowest BCUT2D eigenvalue weighted by atomic mass is 9.97. The van der Waals surface area contributed by atoms with Gasteiger partial charge in [0.25, 0.3) is 0 Å². The molecule has 16 nitrogen and oxygen atoms in total. The van der Waals surface area contributed by atoms with Crippen LogP contribution in [0.2, 0.25) is 0 Å². The molecule has 2 fully saturated rings. The van der Waals surface area contributed by atoms with Gasteiger partial charge in [0, 0.05) is 39.5 Å². The Morgan fingerprint density at radius 1 is 0.851 bits per heavy atom. The second-order valence-electron chi connectivity index (χ2n) is 11.9. The molecule has 0 bridgehead atoms. The summed E-state index contributed by atoms with van der Waals surface area (Å²) in [7, 11) is 0. The summed E-state index contributed by atoms with van der Waals surface area (Å²) in [5, 5.41) is 39.9. The number of aliphatic hydroxyl groups excluding tert-OH is 3. The summed E-state index contributed by atoms with van der Waals surface area (Å²) < 4.78 is 48.6. The summed E-state index contributed by atoms with van der Waals surface area (Å²) in [4.78, 5) is 34.9. The summed E-state index contributed by atoms with van der Waals surface area (Å²) >= 11 is -2.76. The average molecular weight is 698 g/mol. The number of hydrogen-bond donors (Lipinski definition) is 7. The first-order valence-electron chi connectivity index (χ1n) is 16.6. The van der Waals surface area contributed by atoms with Crippen LogP contribution < -0.4 is 16.0 Å². The van der Waals surface area contributed by atoms with Gasteiger partial charge in [0.1, 0.15) is 30.5 Å². The molecule has 2 saturated heterocycles. The summed E-state index contributed by atoms with van der Waals surface area (Å²) in [6, 6.07) is -1.16. The van der Waals surface area contributed by atoms with E-state index in [1.807, 2.05) is 6.92 Å². The van der Waals surface area contributed by atoms with E-state index in [-0.39, 0.29) is 25.0 Å². The Morgan fingerprint density at radius 3 is 2.11 bits per heavy atom. The highest BCUT2D eigenvalue weighted by Crippen LogP contribution is 2.28. The zero-order valence-corrected chi connectivity index (χ0v) is 28.5. The monoisotopic (exact) mass is 697 g/mol. The van der Waals surface area contributed by atoms with Crippen molar-refractivity contribution in [3.05, 3.63) is 0 Å². The molecular weight excluding hydrogens is 642 g/mol. The third kappa shape index (κ3) is 15.5. The van der Waals surface area contributed by atoms with Crippen LogP contribution in [0.25, 0.3) is 0 Å². The van der Waals surface area contributed by atoms with Gasteiger partial charge in [0.05, 0.1) is 12.7 Å². The molecule has 10 atom stereocenters. The van der Waals surface area contributed by atoms with Gasteiger partial charge >= 0.3 is 11.4 Å². The fourth-order valence-electron chi connectivity index (χ4n) is 5.31. The van der Waals surface area contributed by atoms with Gasteiger partial charge in [-0.05, 0) is 32.6 Å². The fourth-order valence-corrected chi connectivity index (χ4v) is 5.71. The van der Waals surface area contributed by atoms with Crippen LogP contribution in [0.3, 0.4) is 0 Å². The molecule has 0 aromatic rings. The number of carbonyl (C=O) groups is 3. The van der Waals surface area contributed by atoms with Crippen molar-refractivity contribution in [2.45, 2.75) is 147 Å². The Balaban J connectivity index is 1.64. The molecule has 2 aliphatic rings. The van der Waals surface area contributed by atoms with Gasteiger partial charge in [-0.15, -0.1) is 0 Å². The molecule has 47 heavy (non-hydrogen) atoms. The number of hydrogen-bond acceptors (Lipinski definition) is 12. The van der Waals surface area contributed by atoms with Gasteiger partial charge < -0.3 is 50.2 Å². The molecule has 2 rings (SSSR count). The minimum absolute atomic E-state index is 0.0371. The van der Waals surface area contributed by atoms with Crippen LogP contribution in [-0.4, -0.2) is 123 Å². The average Bonchev–Trinajstić information content (AvgIpc) is 3.02. The fraction of sp³-hybridized carbons (Fsp3) is 0.900. The Bertz CT molecular complexity index is 964. The molecular formula is C30H55N3O13S. The van der Waals surface area contributed by atoms with E-state index in [0.29, 0.717) is 32.4 Å². The van der Waals surface area contributed by atoms with E-state index in [1.54, 1.807) is 0 Å². The lowest BCUT2D eigenvalue weighted by molar-refractivity contribution is -0.320. The molecule has 2 heterocycles. The first-order valence-corrected chi connectivity index (χ1v) is 17.6. The molecule has 0 aliphatic carbocycles. The quantitative estimate of drug-likeness (QED) is 0.0591. The highest BCUT2D eigenvalue weighted by molar-refractivity contribution is 7.74. The maximum Gasteiger partial charge on any atom is 0.302 e. The van der Waals surface area contributed by atoms with Crippen molar-refractivity contribution in [2.24, 2.45) is 0 Å². The zero-order valence-electron chi connectivity index (χ0n) is 27.7. The van der Waals surface area contributed by atoms with Gasteiger partial charge in [-0.25, -0.2) is 0 Å². The summed E-state index contributed by atoms with van der Waals surface area (Å²) in [5.74, 6) is -0.398. The Kier molecular flexibility index (Phi) is 20.0. The highest BCUT2D eigenvalue weighted by Gasteiger charge is 2.49. The van der Waals surface area contributed by atoms with E-state index in [2.05, 4.69) is 16.0 Å². The van der Waals surface area contributed by atoms with Gasteiger partial charge in [0.2, 0.25) is 17.7 Å².